The number of hydrogen-bond acceptors (Lipinski definition) is 4. The second-order valence-corrected chi connectivity index (χ2v) is 4.57. The first kappa shape index (κ1) is 14.6. The van der Waals surface area contributed by atoms with Crippen LogP contribution in [0.2, 0.25) is 0 Å². The van der Waals surface area contributed by atoms with E-state index < -0.39 is 18.3 Å². The normalized spacial score (nSPS) is 11.6. The van der Waals surface area contributed by atoms with E-state index in [1.807, 2.05) is 24.3 Å². The molecule has 6 nitrogen and oxygen atoms in total. The quantitative estimate of drug-likeness (QED) is 0.779. The van der Waals surface area contributed by atoms with Crippen LogP contribution in [-0.4, -0.2) is 18.8 Å². The number of nitrogens with two attached hydrogens (primary N) is 2. The monoisotopic (exact) mass is 364 g/mol. The topological polar surface area (TPSA) is 105 Å². The number of amides is 2. The standard InChI is InChI=1S/C11H13IN2O4/c12-8-4-2-1-3-7(8)9(18-11(14)16)5-6-17-10(13)15/h1-4,9H,5-6H2,(H2,13,15)(H2,14,16)/t9-/m0/s1. The highest BCUT2D eigenvalue weighted by Gasteiger charge is 2.18. The largest absolute Gasteiger partial charge is 0.450 e. The average molecular weight is 364 g/mol. The van der Waals surface area contributed by atoms with Crippen LogP contribution in [0.25, 0.3) is 0 Å². The van der Waals surface area contributed by atoms with E-state index in [9.17, 15) is 9.59 Å². The van der Waals surface area contributed by atoms with Crippen LogP contribution in [-0.2, 0) is 9.47 Å². The molecule has 0 heterocycles. The lowest BCUT2D eigenvalue weighted by atomic mass is 10.1. The molecule has 0 fully saturated rings. The van der Waals surface area contributed by atoms with Gasteiger partial charge in [-0.2, -0.15) is 0 Å². The van der Waals surface area contributed by atoms with Crippen LogP contribution in [0, 0.1) is 3.57 Å². The summed E-state index contributed by atoms with van der Waals surface area (Å²) in [6.07, 6.45) is -2.00. The summed E-state index contributed by atoms with van der Waals surface area (Å²) in [7, 11) is 0. The zero-order valence-corrected chi connectivity index (χ0v) is 11.6. The van der Waals surface area contributed by atoms with E-state index in [1.165, 1.54) is 0 Å². The van der Waals surface area contributed by atoms with E-state index in [0.717, 1.165) is 9.13 Å². The third-order valence-corrected chi connectivity index (χ3v) is 3.12. The van der Waals surface area contributed by atoms with Gasteiger partial charge in [0.15, 0.2) is 0 Å². The van der Waals surface area contributed by atoms with Crippen molar-refractivity contribution >= 4 is 34.8 Å². The zero-order chi connectivity index (χ0) is 13.5. The molecule has 0 aromatic heterocycles. The van der Waals surface area contributed by atoms with Crippen LogP contribution in [0.1, 0.15) is 18.1 Å². The molecule has 98 valence electrons. The van der Waals surface area contributed by atoms with Crippen molar-refractivity contribution in [2.45, 2.75) is 12.5 Å². The molecule has 0 aliphatic rings. The maximum Gasteiger partial charge on any atom is 0.405 e. The summed E-state index contributed by atoms with van der Waals surface area (Å²) in [5, 5.41) is 0. The zero-order valence-electron chi connectivity index (χ0n) is 9.47. The number of primary amides is 2. The lowest BCUT2D eigenvalue weighted by Crippen LogP contribution is -2.21. The van der Waals surface area contributed by atoms with Crippen LogP contribution < -0.4 is 11.5 Å². The summed E-state index contributed by atoms with van der Waals surface area (Å²) in [5.74, 6) is 0. The Hall–Kier alpha value is -1.51. The Labute approximate surface area is 118 Å². The fourth-order valence-electron chi connectivity index (χ4n) is 1.42. The van der Waals surface area contributed by atoms with Gasteiger partial charge in [-0.15, -0.1) is 0 Å². The number of rotatable bonds is 5. The highest BCUT2D eigenvalue weighted by Crippen LogP contribution is 2.25. The molecule has 0 aliphatic carbocycles. The van der Waals surface area contributed by atoms with E-state index >= 15 is 0 Å². The fourth-order valence-corrected chi connectivity index (χ4v) is 2.16. The number of carbonyl (C=O) groups excluding carboxylic acids is 2. The Morgan fingerprint density at radius 3 is 2.44 bits per heavy atom. The average Bonchev–Trinajstić information content (AvgIpc) is 2.27. The Bertz CT molecular complexity index is 439. The summed E-state index contributed by atoms with van der Waals surface area (Å²) in [4.78, 5) is 21.3. The molecule has 0 aliphatic heterocycles. The summed E-state index contributed by atoms with van der Waals surface area (Å²) in [5.41, 5.74) is 10.7. The van der Waals surface area contributed by atoms with E-state index in [2.05, 4.69) is 27.3 Å². The maximum absolute atomic E-state index is 10.9. The van der Waals surface area contributed by atoms with Gasteiger partial charge in [-0.1, -0.05) is 18.2 Å². The third kappa shape index (κ3) is 4.78. The van der Waals surface area contributed by atoms with Crippen molar-refractivity contribution in [3.05, 3.63) is 33.4 Å². The van der Waals surface area contributed by atoms with Gasteiger partial charge in [0.1, 0.15) is 6.10 Å². The molecule has 0 bridgehead atoms. The fraction of sp³-hybridized carbons (Fsp3) is 0.273. The molecule has 0 radical (unpaired) electrons. The molecule has 2 amide bonds. The molecule has 1 aromatic carbocycles. The molecule has 7 heteroatoms. The molecule has 0 unspecified atom stereocenters. The Morgan fingerprint density at radius 1 is 1.22 bits per heavy atom. The first-order chi connectivity index (χ1) is 8.50. The minimum absolute atomic E-state index is 0.0538. The van der Waals surface area contributed by atoms with Crippen molar-refractivity contribution in [3.8, 4) is 0 Å². The predicted molar refractivity (Wildman–Crippen MR) is 72.7 cm³/mol. The molecular weight excluding hydrogens is 351 g/mol. The van der Waals surface area contributed by atoms with E-state index in [1.54, 1.807) is 0 Å². The second kappa shape index (κ2) is 7.04. The van der Waals surface area contributed by atoms with Gasteiger partial charge in [-0.05, 0) is 28.7 Å². The molecule has 1 rings (SSSR count). The van der Waals surface area contributed by atoms with Gasteiger partial charge in [-0.3, -0.25) is 0 Å². The number of benzene rings is 1. The molecule has 0 spiro atoms. The van der Waals surface area contributed by atoms with E-state index in [-0.39, 0.29) is 6.61 Å². The molecule has 0 saturated carbocycles. The Balaban J connectivity index is 2.75. The van der Waals surface area contributed by atoms with Gasteiger partial charge in [-0.25, -0.2) is 9.59 Å². The summed E-state index contributed by atoms with van der Waals surface area (Å²) in [6.45, 7) is 0.0538. The van der Waals surface area contributed by atoms with Crippen LogP contribution in [0.5, 0.6) is 0 Å². The molecular formula is C11H13IN2O4. The van der Waals surface area contributed by atoms with Crippen molar-refractivity contribution < 1.29 is 19.1 Å². The highest BCUT2D eigenvalue weighted by molar-refractivity contribution is 14.1. The van der Waals surface area contributed by atoms with Gasteiger partial charge in [0.05, 0.1) is 6.61 Å². The lowest BCUT2D eigenvalue weighted by Gasteiger charge is -2.18. The van der Waals surface area contributed by atoms with Crippen LogP contribution in [0.15, 0.2) is 24.3 Å². The summed E-state index contributed by atoms with van der Waals surface area (Å²) in [6, 6.07) is 7.39. The van der Waals surface area contributed by atoms with Crippen molar-refractivity contribution in [3.63, 3.8) is 0 Å². The molecule has 4 N–H and O–H groups in total. The lowest BCUT2D eigenvalue weighted by molar-refractivity contribution is 0.0805. The molecule has 1 aromatic rings. The predicted octanol–water partition coefficient (Wildman–Crippen LogP) is 1.91. The molecule has 18 heavy (non-hydrogen) atoms. The van der Waals surface area contributed by atoms with Gasteiger partial charge in [0, 0.05) is 15.6 Å². The van der Waals surface area contributed by atoms with Crippen molar-refractivity contribution in [2.24, 2.45) is 11.5 Å². The maximum atomic E-state index is 10.9. The SMILES string of the molecule is NC(=O)OCC[C@H](OC(N)=O)c1ccccc1I. The molecule has 0 saturated heterocycles. The van der Waals surface area contributed by atoms with Gasteiger partial charge in [0.2, 0.25) is 0 Å². The number of ether oxygens (including phenoxy) is 2. The second-order valence-electron chi connectivity index (χ2n) is 3.40. The summed E-state index contributed by atoms with van der Waals surface area (Å²) >= 11 is 2.12. The smallest absolute Gasteiger partial charge is 0.405 e. The van der Waals surface area contributed by atoms with Crippen molar-refractivity contribution in [2.75, 3.05) is 6.61 Å². The van der Waals surface area contributed by atoms with Crippen LogP contribution >= 0.6 is 22.6 Å². The number of hydrogen-bond donors (Lipinski definition) is 2. The first-order valence-electron chi connectivity index (χ1n) is 5.13. The third-order valence-electron chi connectivity index (χ3n) is 2.13. The summed E-state index contributed by atoms with van der Waals surface area (Å²) < 4.78 is 10.6. The highest BCUT2D eigenvalue weighted by atomic mass is 127. The van der Waals surface area contributed by atoms with Gasteiger partial charge >= 0.3 is 12.2 Å². The minimum Gasteiger partial charge on any atom is -0.450 e. The Morgan fingerprint density at radius 2 is 1.89 bits per heavy atom. The Kier molecular flexibility index (Phi) is 5.69. The van der Waals surface area contributed by atoms with Gasteiger partial charge < -0.3 is 20.9 Å². The van der Waals surface area contributed by atoms with E-state index in [4.69, 9.17) is 16.2 Å². The number of halogens is 1. The minimum atomic E-state index is -0.876. The van der Waals surface area contributed by atoms with Gasteiger partial charge in [0.25, 0.3) is 0 Å². The van der Waals surface area contributed by atoms with Crippen LogP contribution in [0.3, 0.4) is 0 Å². The van der Waals surface area contributed by atoms with Crippen molar-refractivity contribution in [1.29, 1.82) is 0 Å². The van der Waals surface area contributed by atoms with Crippen LogP contribution in [0.4, 0.5) is 9.59 Å². The molecule has 1 atom stereocenters. The van der Waals surface area contributed by atoms with E-state index in [0.29, 0.717) is 6.42 Å². The number of carbonyl (C=O) groups is 2. The first-order valence-corrected chi connectivity index (χ1v) is 6.21. The van der Waals surface area contributed by atoms with Crippen molar-refractivity contribution in [1.82, 2.24) is 0 Å².